The molecular formula is C12H9F2N3S. The van der Waals surface area contributed by atoms with Crippen LogP contribution >= 0.6 is 11.3 Å². The summed E-state index contributed by atoms with van der Waals surface area (Å²) >= 11 is 1.47. The second-order valence-electron chi connectivity index (χ2n) is 3.83. The Morgan fingerprint density at radius 2 is 2.17 bits per heavy atom. The van der Waals surface area contributed by atoms with Crippen LogP contribution in [0.15, 0.2) is 24.4 Å². The zero-order valence-corrected chi connectivity index (χ0v) is 10.3. The van der Waals surface area contributed by atoms with Crippen molar-refractivity contribution in [1.29, 1.82) is 0 Å². The van der Waals surface area contributed by atoms with Crippen LogP contribution in [0.3, 0.4) is 0 Å². The Morgan fingerprint density at radius 1 is 1.33 bits per heavy atom. The molecule has 0 atom stereocenters. The number of fused-ring (bicyclic) bond motifs is 1. The first-order valence-corrected chi connectivity index (χ1v) is 6.29. The molecule has 3 rings (SSSR count). The summed E-state index contributed by atoms with van der Waals surface area (Å²) in [5.41, 5.74) is 0.751. The van der Waals surface area contributed by atoms with E-state index in [2.05, 4.69) is 10.1 Å². The molecule has 0 bridgehead atoms. The molecule has 3 aromatic rings. The van der Waals surface area contributed by atoms with E-state index in [1.807, 2.05) is 6.92 Å². The average Bonchev–Trinajstić information content (AvgIpc) is 2.86. The molecule has 3 nitrogen and oxygen atoms in total. The number of benzene rings is 1. The predicted octanol–water partition coefficient (Wildman–Crippen LogP) is 3.30. The number of aryl methyl sites for hydroxylation is 1. The van der Waals surface area contributed by atoms with Gasteiger partial charge in [0.1, 0.15) is 16.6 Å². The standard InChI is InChI=1S/C12H9F2N3S/c1-2-11-16-17-6-10(15-12(17)18-11)8-4-3-7(13)5-9(8)14/h3-6H,2H2,1H3. The fourth-order valence-electron chi connectivity index (χ4n) is 1.71. The van der Waals surface area contributed by atoms with E-state index in [1.165, 1.54) is 23.5 Å². The molecule has 0 aliphatic rings. The number of nitrogens with zero attached hydrogens (tertiary/aromatic N) is 3. The van der Waals surface area contributed by atoms with E-state index in [4.69, 9.17) is 0 Å². The van der Waals surface area contributed by atoms with Crippen LogP contribution in [0.4, 0.5) is 8.78 Å². The van der Waals surface area contributed by atoms with Gasteiger partial charge in [0.2, 0.25) is 4.96 Å². The van der Waals surface area contributed by atoms with Gasteiger partial charge in [-0.05, 0) is 18.6 Å². The Morgan fingerprint density at radius 3 is 2.83 bits per heavy atom. The minimum absolute atomic E-state index is 0.284. The zero-order chi connectivity index (χ0) is 12.7. The number of hydrogen-bond acceptors (Lipinski definition) is 3. The van der Waals surface area contributed by atoms with Crippen LogP contribution in [0.5, 0.6) is 0 Å². The SMILES string of the molecule is CCc1nn2cc(-c3ccc(F)cc3F)nc2s1. The highest BCUT2D eigenvalue weighted by atomic mass is 32.1. The minimum atomic E-state index is -0.614. The highest BCUT2D eigenvalue weighted by Crippen LogP contribution is 2.25. The van der Waals surface area contributed by atoms with Crippen LogP contribution in [0, 0.1) is 11.6 Å². The first-order chi connectivity index (χ1) is 8.67. The van der Waals surface area contributed by atoms with Gasteiger partial charge >= 0.3 is 0 Å². The molecule has 0 N–H and O–H groups in total. The van der Waals surface area contributed by atoms with E-state index in [1.54, 1.807) is 10.7 Å². The van der Waals surface area contributed by atoms with E-state index in [-0.39, 0.29) is 5.56 Å². The number of aromatic nitrogens is 3. The van der Waals surface area contributed by atoms with Gasteiger partial charge in [0, 0.05) is 11.6 Å². The fraction of sp³-hybridized carbons (Fsp3) is 0.167. The minimum Gasteiger partial charge on any atom is -0.217 e. The largest absolute Gasteiger partial charge is 0.217 e. The van der Waals surface area contributed by atoms with Crippen molar-refractivity contribution >= 4 is 16.3 Å². The van der Waals surface area contributed by atoms with Crippen LogP contribution in [-0.4, -0.2) is 14.6 Å². The van der Waals surface area contributed by atoms with Gasteiger partial charge in [-0.2, -0.15) is 5.10 Å². The summed E-state index contributed by atoms with van der Waals surface area (Å²) in [6.07, 6.45) is 2.50. The number of imidazole rings is 1. The molecule has 0 amide bonds. The first-order valence-electron chi connectivity index (χ1n) is 5.48. The van der Waals surface area contributed by atoms with E-state index in [9.17, 15) is 8.78 Å². The summed E-state index contributed by atoms with van der Waals surface area (Å²) in [5, 5.41) is 5.28. The van der Waals surface area contributed by atoms with E-state index >= 15 is 0 Å². The molecule has 0 aliphatic carbocycles. The molecule has 2 aromatic heterocycles. The second-order valence-corrected chi connectivity index (χ2v) is 4.87. The van der Waals surface area contributed by atoms with Crippen LogP contribution < -0.4 is 0 Å². The molecule has 0 saturated heterocycles. The molecule has 92 valence electrons. The fourth-order valence-corrected chi connectivity index (χ4v) is 2.53. The van der Waals surface area contributed by atoms with Gasteiger partial charge in [-0.15, -0.1) is 0 Å². The number of hydrogen-bond donors (Lipinski definition) is 0. The smallest absolute Gasteiger partial charge is 0.212 e. The quantitative estimate of drug-likeness (QED) is 0.711. The Bertz CT molecular complexity index is 686. The van der Waals surface area contributed by atoms with E-state index in [0.717, 1.165) is 17.5 Å². The molecular weight excluding hydrogens is 256 g/mol. The molecule has 6 heteroatoms. The predicted molar refractivity (Wildman–Crippen MR) is 65.6 cm³/mol. The Hall–Kier alpha value is -1.82. The number of halogens is 2. The molecule has 18 heavy (non-hydrogen) atoms. The third kappa shape index (κ3) is 1.78. The normalized spacial score (nSPS) is 11.3. The molecule has 1 aromatic carbocycles. The lowest BCUT2D eigenvalue weighted by atomic mass is 10.1. The molecule has 0 unspecified atom stereocenters. The van der Waals surface area contributed by atoms with Crippen molar-refractivity contribution in [2.75, 3.05) is 0 Å². The summed E-state index contributed by atoms with van der Waals surface area (Å²) in [6.45, 7) is 2.01. The number of rotatable bonds is 2. The Kier molecular flexibility index (Phi) is 2.59. The van der Waals surface area contributed by atoms with Crippen molar-refractivity contribution in [2.24, 2.45) is 0 Å². The van der Waals surface area contributed by atoms with Crippen molar-refractivity contribution in [3.63, 3.8) is 0 Å². The van der Waals surface area contributed by atoms with Crippen molar-refractivity contribution in [3.05, 3.63) is 41.0 Å². The Labute approximate surface area is 106 Å². The zero-order valence-electron chi connectivity index (χ0n) is 9.52. The highest BCUT2D eigenvalue weighted by Gasteiger charge is 2.12. The maximum absolute atomic E-state index is 13.6. The van der Waals surface area contributed by atoms with Crippen LogP contribution in [0.2, 0.25) is 0 Å². The van der Waals surface area contributed by atoms with Crippen molar-refractivity contribution in [2.45, 2.75) is 13.3 Å². The van der Waals surface area contributed by atoms with Crippen molar-refractivity contribution in [3.8, 4) is 11.3 Å². The third-order valence-corrected chi connectivity index (χ3v) is 3.66. The maximum Gasteiger partial charge on any atom is 0.212 e. The summed E-state index contributed by atoms with van der Waals surface area (Å²) in [6, 6.07) is 3.46. The van der Waals surface area contributed by atoms with Crippen molar-refractivity contribution in [1.82, 2.24) is 14.6 Å². The van der Waals surface area contributed by atoms with Crippen molar-refractivity contribution < 1.29 is 8.78 Å². The molecule has 0 aliphatic heterocycles. The highest BCUT2D eigenvalue weighted by molar-refractivity contribution is 7.16. The van der Waals surface area contributed by atoms with Crippen LogP contribution in [0.25, 0.3) is 16.2 Å². The summed E-state index contributed by atoms with van der Waals surface area (Å²) in [7, 11) is 0. The summed E-state index contributed by atoms with van der Waals surface area (Å²) in [5.74, 6) is -1.21. The molecule has 0 spiro atoms. The lowest BCUT2D eigenvalue weighted by Crippen LogP contribution is -1.87. The maximum atomic E-state index is 13.6. The van der Waals surface area contributed by atoms with Gasteiger partial charge in [0.25, 0.3) is 0 Å². The topological polar surface area (TPSA) is 30.2 Å². The first kappa shape index (κ1) is 11.3. The van der Waals surface area contributed by atoms with Gasteiger partial charge < -0.3 is 0 Å². The molecule has 0 saturated carbocycles. The third-order valence-electron chi connectivity index (χ3n) is 2.59. The summed E-state index contributed by atoms with van der Waals surface area (Å²) in [4.78, 5) is 5.01. The summed E-state index contributed by atoms with van der Waals surface area (Å²) < 4.78 is 28.1. The average molecular weight is 265 g/mol. The van der Waals surface area contributed by atoms with Gasteiger partial charge in [-0.3, -0.25) is 0 Å². The van der Waals surface area contributed by atoms with E-state index in [0.29, 0.717) is 10.7 Å². The van der Waals surface area contributed by atoms with Crippen LogP contribution in [0.1, 0.15) is 11.9 Å². The molecule has 0 fully saturated rings. The van der Waals surface area contributed by atoms with Gasteiger partial charge in [0.15, 0.2) is 0 Å². The van der Waals surface area contributed by atoms with Gasteiger partial charge in [0.05, 0.1) is 11.9 Å². The van der Waals surface area contributed by atoms with Crippen LogP contribution in [-0.2, 0) is 6.42 Å². The van der Waals surface area contributed by atoms with Gasteiger partial charge in [-0.1, -0.05) is 18.3 Å². The van der Waals surface area contributed by atoms with E-state index < -0.39 is 11.6 Å². The Balaban J connectivity index is 2.10. The lowest BCUT2D eigenvalue weighted by Gasteiger charge is -1.98. The monoisotopic (exact) mass is 265 g/mol. The second kappa shape index (κ2) is 4.13. The molecule has 0 radical (unpaired) electrons. The molecule has 2 heterocycles. The van der Waals surface area contributed by atoms with Gasteiger partial charge in [-0.25, -0.2) is 18.3 Å². The lowest BCUT2D eigenvalue weighted by molar-refractivity contribution is 0.585.